The Morgan fingerprint density at radius 2 is 2.35 bits per heavy atom. The van der Waals surface area contributed by atoms with E-state index in [-0.39, 0.29) is 0 Å². The fourth-order valence-corrected chi connectivity index (χ4v) is 1.83. The minimum atomic E-state index is 0.554. The van der Waals surface area contributed by atoms with Crippen molar-refractivity contribution >= 4 is 11.0 Å². The molecule has 0 aromatic carbocycles. The summed E-state index contributed by atoms with van der Waals surface area (Å²) in [5, 5.41) is 9.21. The summed E-state index contributed by atoms with van der Waals surface area (Å²) in [5.41, 5.74) is 8.17. The van der Waals surface area contributed by atoms with E-state index < -0.39 is 0 Å². The zero-order valence-electron chi connectivity index (χ0n) is 9.17. The van der Waals surface area contributed by atoms with Crippen LogP contribution in [0.1, 0.15) is 0 Å². The molecule has 0 aliphatic heterocycles. The number of nitrogens with two attached hydrogens (primary N) is 1. The molecule has 0 radical (unpaired) electrons. The summed E-state index contributed by atoms with van der Waals surface area (Å²) < 4.78 is 1.74. The van der Waals surface area contributed by atoms with E-state index in [9.17, 15) is 0 Å². The van der Waals surface area contributed by atoms with Crippen molar-refractivity contribution in [3.05, 3.63) is 30.7 Å². The van der Waals surface area contributed by atoms with Crippen molar-refractivity contribution in [2.45, 2.75) is 6.54 Å². The van der Waals surface area contributed by atoms with Gasteiger partial charge in [0.2, 0.25) is 0 Å². The second-order valence-corrected chi connectivity index (χ2v) is 3.76. The van der Waals surface area contributed by atoms with Crippen molar-refractivity contribution in [2.75, 3.05) is 6.54 Å². The number of hydrogen-bond donors (Lipinski definition) is 2. The van der Waals surface area contributed by atoms with Crippen LogP contribution in [0.25, 0.3) is 22.3 Å². The highest BCUT2D eigenvalue weighted by atomic mass is 15.4. The van der Waals surface area contributed by atoms with E-state index in [2.05, 4.69) is 20.3 Å². The second-order valence-electron chi connectivity index (χ2n) is 3.76. The van der Waals surface area contributed by atoms with Crippen LogP contribution in [0, 0.1) is 0 Å². The van der Waals surface area contributed by atoms with E-state index in [0.717, 1.165) is 22.3 Å². The van der Waals surface area contributed by atoms with Crippen molar-refractivity contribution in [3.63, 3.8) is 0 Å². The lowest BCUT2D eigenvalue weighted by molar-refractivity contribution is 0.598. The Bertz CT molecular complexity index is 638. The molecule has 3 aromatic rings. The minimum Gasteiger partial charge on any atom is -0.345 e. The van der Waals surface area contributed by atoms with Crippen LogP contribution in [0.3, 0.4) is 0 Å². The first kappa shape index (κ1) is 9.98. The normalized spacial score (nSPS) is 11.1. The predicted molar refractivity (Wildman–Crippen MR) is 64.2 cm³/mol. The summed E-state index contributed by atoms with van der Waals surface area (Å²) in [4.78, 5) is 7.36. The van der Waals surface area contributed by atoms with Gasteiger partial charge >= 0.3 is 0 Å². The number of hydrogen-bond acceptors (Lipinski definition) is 4. The molecule has 0 unspecified atom stereocenters. The number of nitrogens with zero attached hydrogens (tertiary/aromatic N) is 4. The quantitative estimate of drug-likeness (QED) is 0.693. The molecule has 0 amide bonds. The fraction of sp³-hybridized carbons (Fsp3) is 0.182. The van der Waals surface area contributed by atoms with Crippen molar-refractivity contribution in [2.24, 2.45) is 5.73 Å². The first-order valence-corrected chi connectivity index (χ1v) is 5.41. The molecule has 0 fully saturated rings. The predicted octanol–water partition coefficient (Wildman–Crippen LogP) is 0.780. The topological polar surface area (TPSA) is 85.4 Å². The van der Waals surface area contributed by atoms with Gasteiger partial charge in [0.15, 0.2) is 0 Å². The molecule has 0 saturated heterocycles. The van der Waals surface area contributed by atoms with Crippen LogP contribution in [0.2, 0.25) is 0 Å². The summed E-state index contributed by atoms with van der Waals surface area (Å²) in [5.74, 6) is 0. The van der Waals surface area contributed by atoms with E-state index in [1.807, 2.05) is 24.5 Å². The van der Waals surface area contributed by atoms with Gasteiger partial charge in [-0.15, -0.1) is 5.10 Å². The zero-order valence-corrected chi connectivity index (χ0v) is 9.17. The highest BCUT2D eigenvalue weighted by Gasteiger charge is 2.09. The molecular formula is C11H12N6. The van der Waals surface area contributed by atoms with Crippen LogP contribution in [0.5, 0.6) is 0 Å². The third kappa shape index (κ3) is 1.68. The summed E-state index contributed by atoms with van der Waals surface area (Å²) in [6, 6.07) is 3.92. The van der Waals surface area contributed by atoms with E-state index in [1.165, 1.54) is 0 Å². The summed E-state index contributed by atoms with van der Waals surface area (Å²) >= 11 is 0. The SMILES string of the molecule is NCCn1cc(-c2c[nH]c3ncccc23)nn1. The van der Waals surface area contributed by atoms with Gasteiger partial charge in [0, 0.05) is 29.9 Å². The summed E-state index contributed by atoms with van der Waals surface area (Å²) in [7, 11) is 0. The molecule has 6 nitrogen and oxygen atoms in total. The smallest absolute Gasteiger partial charge is 0.137 e. The molecule has 0 aliphatic carbocycles. The Morgan fingerprint density at radius 1 is 1.41 bits per heavy atom. The van der Waals surface area contributed by atoms with Gasteiger partial charge in [0.05, 0.1) is 12.7 Å². The molecule has 0 saturated carbocycles. The lowest BCUT2D eigenvalue weighted by atomic mass is 10.2. The van der Waals surface area contributed by atoms with E-state index in [0.29, 0.717) is 13.1 Å². The Labute approximate surface area is 97.5 Å². The van der Waals surface area contributed by atoms with Crippen LogP contribution in [-0.4, -0.2) is 31.5 Å². The third-order valence-corrected chi connectivity index (χ3v) is 2.62. The Balaban J connectivity index is 2.07. The Morgan fingerprint density at radius 3 is 3.24 bits per heavy atom. The van der Waals surface area contributed by atoms with Gasteiger partial charge < -0.3 is 10.7 Å². The molecule has 0 spiro atoms. The molecule has 6 heteroatoms. The highest BCUT2D eigenvalue weighted by molar-refractivity contribution is 5.92. The van der Waals surface area contributed by atoms with Crippen LogP contribution >= 0.6 is 0 Å². The van der Waals surface area contributed by atoms with Gasteiger partial charge in [-0.05, 0) is 12.1 Å². The number of H-pyrrole nitrogens is 1. The maximum absolute atomic E-state index is 5.47. The average Bonchev–Trinajstić information content (AvgIpc) is 2.95. The van der Waals surface area contributed by atoms with E-state index in [4.69, 9.17) is 5.73 Å². The summed E-state index contributed by atoms with van der Waals surface area (Å²) in [6.07, 6.45) is 5.55. The number of aromatic amines is 1. The number of nitrogens with one attached hydrogen (secondary N) is 1. The van der Waals surface area contributed by atoms with Crippen LogP contribution in [-0.2, 0) is 6.54 Å². The van der Waals surface area contributed by atoms with Gasteiger partial charge in [-0.25, -0.2) is 4.98 Å². The molecule has 0 bridgehead atoms. The van der Waals surface area contributed by atoms with Gasteiger partial charge in [-0.1, -0.05) is 5.21 Å². The average molecular weight is 228 g/mol. The van der Waals surface area contributed by atoms with Crippen molar-refractivity contribution in [1.29, 1.82) is 0 Å². The highest BCUT2D eigenvalue weighted by Crippen LogP contribution is 2.25. The molecule has 3 rings (SSSR count). The molecule has 3 heterocycles. The van der Waals surface area contributed by atoms with E-state index in [1.54, 1.807) is 10.9 Å². The summed E-state index contributed by atoms with van der Waals surface area (Å²) in [6.45, 7) is 1.23. The van der Waals surface area contributed by atoms with Crippen molar-refractivity contribution in [3.8, 4) is 11.3 Å². The van der Waals surface area contributed by atoms with Crippen molar-refractivity contribution < 1.29 is 0 Å². The fourth-order valence-electron chi connectivity index (χ4n) is 1.83. The second kappa shape index (κ2) is 3.99. The minimum absolute atomic E-state index is 0.554. The largest absolute Gasteiger partial charge is 0.345 e. The van der Waals surface area contributed by atoms with Crippen LogP contribution < -0.4 is 5.73 Å². The molecule has 17 heavy (non-hydrogen) atoms. The maximum Gasteiger partial charge on any atom is 0.137 e. The Kier molecular flexibility index (Phi) is 2.34. The first-order valence-electron chi connectivity index (χ1n) is 5.41. The first-order chi connectivity index (χ1) is 8.38. The van der Waals surface area contributed by atoms with Crippen molar-refractivity contribution in [1.82, 2.24) is 25.0 Å². The molecule has 3 N–H and O–H groups in total. The zero-order chi connectivity index (χ0) is 11.7. The standard InChI is InChI=1S/C11H12N6/c12-3-5-17-7-10(15-16-17)9-6-14-11-8(9)2-1-4-13-11/h1-2,4,6-7H,3,5,12H2,(H,13,14). The number of pyridine rings is 1. The van der Waals surface area contributed by atoms with Gasteiger partial charge in [-0.2, -0.15) is 0 Å². The molecular weight excluding hydrogens is 216 g/mol. The number of fused-ring (bicyclic) bond motifs is 1. The lowest BCUT2D eigenvalue weighted by Crippen LogP contribution is -2.10. The number of rotatable bonds is 3. The van der Waals surface area contributed by atoms with Gasteiger partial charge in [0.1, 0.15) is 11.3 Å². The molecule has 86 valence electrons. The number of aromatic nitrogens is 5. The lowest BCUT2D eigenvalue weighted by Gasteiger charge is -1.93. The molecule has 3 aromatic heterocycles. The molecule has 0 aliphatic rings. The third-order valence-electron chi connectivity index (χ3n) is 2.62. The van der Waals surface area contributed by atoms with Gasteiger partial charge in [-0.3, -0.25) is 4.68 Å². The van der Waals surface area contributed by atoms with Crippen LogP contribution in [0.4, 0.5) is 0 Å². The van der Waals surface area contributed by atoms with Gasteiger partial charge in [0.25, 0.3) is 0 Å². The Hall–Kier alpha value is -2.21. The molecule has 0 atom stereocenters. The monoisotopic (exact) mass is 228 g/mol. The maximum atomic E-state index is 5.47. The van der Waals surface area contributed by atoms with Crippen LogP contribution in [0.15, 0.2) is 30.7 Å². The van der Waals surface area contributed by atoms with E-state index >= 15 is 0 Å².